The molecule has 3 aromatic rings. The van der Waals surface area contributed by atoms with E-state index in [4.69, 9.17) is 0 Å². The predicted molar refractivity (Wildman–Crippen MR) is 105 cm³/mol. The van der Waals surface area contributed by atoms with Crippen LogP contribution < -0.4 is 9.62 Å². The Morgan fingerprint density at radius 3 is 2.61 bits per heavy atom. The van der Waals surface area contributed by atoms with Gasteiger partial charge in [0.1, 0.15) is 5.82 Å². The summed E-state index contributed by atoms with van der Waals surface area (Å²) in [5.41, 5.74) is 2.59. The van der Waals surface area contributed by atoms with Gasteiger partial charge in [-0.05, 0) is 48.9 Å². The molecule has 28 heavy (non-hydrogen) atoms. The van der Waals surface area contributed by atoms with Crippen LogP contribution in [-0.4, -0.2) is 24.4 Å². The lowest BCUT2D eigenvalue weighted by molar-refractivity contribution is 0.0951. The Labute approximate surface area is 164 Å². The predicted octanol–water partition coefficient (Wildman–Crippen LogP) is 3.07. The number of aromatic nitrogens is 2. The van der Waals surface area contributed by atoms with E-state index in [-0.39, 0.29) is 5.91 Å². The molecule has 0 aliphatic rings. The van der Waals surface area contributed by atoms with Gasteiger partial charge in [0.05, 0.1) is 17.6 Å². The second kappa shape index (κ2) is 8.32. The standard InChI is InChI=1S/C19H19FN4O3S/c1-13-3-4-15(19(25)21-10-14-11-22-23(2)12-14)9-18(13)24(28(26)27)17-7-5-16(20)6-8-17/h3-9,11-12H,10H2,1-2H3,(H,21,25)(H,26,27). The van der Waals surface area contributed by atoms with Crippen molar-refractivity contribution in [3.8, 4) is 0 Å². The topological polar surface area (TPSA) is 87.5 Å². The number of rotatable bonds is 6. The van der Waals surface area contributed by atoms with E-state index in [1.165, 1.54) is 30.3 Å². The summed E-state index contributed by atoms with van der Waals surface area (Å²) in [5, 5.41) is 6.84. The smallest absolute Gasteiger partial charge is 0.266 e. The first-order chi connectivity index (χ1) is 13.3. The zero-order valence-corrected chi connectivity index (χ0v) is 16.1. The maximum Gasteiger partial charge on any atom is 0.266 e. The van der Waals surface area contributed by atoms with E-state index in [2.05, 4.69) is 10.4 Å². The SMILES string of the molecule is Cc1ccc(C(=O)NCc2cnn(C)c2)cc1N(c1ccc(F)cc1)S(=O)O. The second-order valence-electron chi connectivity index (χ2n) is 6.21. The highest BCUT2D eigenvalue weighted by atomic mass is 32.2. The van der Waals surface area contributed by atoms with Crippen molar-refractivity contribution >= 4 is 28.5 Å². The van der Waals surface area contributed by atoms with Crippen molar-refractivity contribution in [2.24, 2.45) is 7.05 Å². The van der Waals surface area contributed by atoms with Gasteiger partial charge in [-0.2, -0.15) is 5.10 Å². The van der Waals surface area contributed by atoms with Crippen LogP contribution in [-0.2, 0) is 24.9 Å². The van der Waals surface area contributed by atoms with Crippen molar-refractivity contribution < 1.29 is 17.9 Å². The molecule has 3 rings (SSSR count). The first kappa shape index (κ1) is 19.7. The molecule has 0 aliphatic carbocycles. The van der Waals surface area contributed by atoms with Gasteiger partial charge in [-0.25, -0.2) is 12.9 Å². The minimum absolute atomic E-state index is 0.309. The van der Waals surface area contributed by atoms with Crippen LogP contribution in [0.3, 0.4) is 0 Å². The van der Waals surface area contributed by atoms with Gasteiger partial charge in [0, 0.05) is 30.9 Å². The molecule has 0 spiro atoms. The average molecular weight is 402 g/mol. The average Bonchev–Trinajstić information content (AvgIpc) is 3.08. The third-order valence-electron chi connectivity index (χ3n) is 4.12. The number of halogens is 1. The molecule has 2 N–H and O–H groups in total. The molecule has 0 radical (unpaired) electrons. The molecule has 146 valence electrons. The van der Waals surface area contributed by atoms with Crippen molar-refractivity contribution in [1.82, 2.24) is 15.1 Å². The van der Waals surface area contributed by atoms with Crippen molar-refractivity contribution in [2.45, 2.75) is 13.5 Å². The zero-order valence-electron chi connectivity index (χ0n) is 15.3. The Morgan fingerprint density at radius 2 is 2.00 bits per heavy atom. The summed E-state index contributed by atoms with van der Waals surface area (Å²) in [6, 6.07) is 10.1. The summed E-state index contributed by atoms with van der Waals surface area (Å²) in [6.45, 7) is 2.07. The normalized spacial score (nSPS) is 11.9. The van der Waals surface area contributed by atoms with Crippen LogP contribution in [0, 0.1) is 12.7 Å². The van der Waals surface area contributed by atoms with E-state index in [9.17, 15) is 17.9 Å². The van der Waals surface area contributed by atoms with Crippen LogP contribution >= 0.6 is 0 Å². The number of anilines is 2. The lowest BCUT2D eigenvalue weighted by atomic mass is 10.1. The third-order valence-corrected chi connectivity index (χ3v) is 4.84. The molecule has 1 heterocycles. The molecule has 1 atom stereocenters. The van der Waals surface area contributed by atoms with E-state index in [1.54, 1.807) is 43.2 Å². The number of carbonyl (C=O) groups is 1. The van der Waals surface area contributed by atoms with E-state index < -0.39 is 17.1 Å². The molecular weight excluding hydrogens is 383 g/mol. The van der Waals surface area contributed by atoms with E-state index in [0.717, 1.165) is 9.87 Å². The molecule has 1 amide bonds. The number of hydrogen-bond acceptors (Lipinski definition) is 3. The molecular formula is C19H19FN4O3S. The monoisotopic (exact) mass is 402 g/mol. The Hall–Kier alpha value is -3.04. The number of amides is 1. The van der Waals surface area contributed by atoms with Gasteiger partial charge in [0.25, 0.3) is 17.2 Å². The fourth-order valence-corrected chi connectivity index (χ4v) is 3.37. The Morgan fingerprint density at radius 1 is 1.29 bits per heavy atom. The summed E-state index contributed by atoms with van der Waals surface area (Å²) in [4.78, 5) is 12.5. The minimum atomic E-state index is -2.41. The second-order valence-corrected chi connectivity index (χ2v) is 7.03. The molecule has 0 aliphatic heterocycles. The van der Waals surface area contributed by atoms with Gasteiger partial charge in [0.15, 0.2) is 0 Å². The highest BCUT2D eigenvalue weighted by molar-refractivity contribution is 7.81. The van der Waals surface area contributed by atoms with E-state index in [0.29, 0.717) is 29.0 Å². The van der Waals surface area contributed by atoms with Crippen LogP contribution in [0.4, 0.5) is 15.8 Å². The number of carbonyl (C=O) groups excluding carboxylic acids is 1. The first-order valence-electron chi connectivity index (χ1n) is 8.38. The highest BCUT2D eigenvalue weighted by Crippen LogP contribution is 2.30. The zero-order chi connectivity index (χ0) is 20.3. The van der Waals surface area contributed by atoms with Crippen molar-refractivity contribution in [1.29, 1.82) is 0 Å². The first-order valence-corrected chi connectivity index (χ1v) is 9.44. The van der Waals surface area contributed by atoms with Gasteiger partial charge >= 0.3 is 0 Å². The number of benzene rings is 2. The van der Waals surface area contributed by atoms with Crippen LogP contribution in [0.5, 0.6) is 0 Å². The maximum atomic E-state index is 13.2. The maximum absolute atomic E-state index is 13.2. The van der Waals surface area contributed by atoms with Crippen LogP contribution in [0.15, 0.2) is 54.9 Å². The summed E-state index contributed by atoms with van der Waals surface area (Å²) in [5.74, 6) is -0.777. The summed E-state index contributed by atoms with van der Waals surface area (Å²) in [6.07, 6.45) is 3.46. The number of nitrogens with zero attached hydrogens (tertiary/aromatic N) is 3. The van der Waals surface area contributed by atoms with Crippen molar-refractivity contribution in [3.63, 3.8) is 0 Å². The Kier molecular flexibility index (Phi) is 5.86. The summed E-state index contributed by atoms with van der Waals surface area (Å²) < 4.78 is 37.7. The van der Waals surface area contributed by atoms with E-state index in [1.807, 2.05) is 0 Å². The third kappa shape index (κ3) is 4.44. The van der Waals surface area contributed by atoms with E-state index >= 15 is 0 Å². The molecule has 0 fully saturated rings. The number of hydrogen-bond donors (Lipinski definition) is 2. The fourth-order valence-electron chi connectivity index (χ4n) is 2.71. The molecule has 1 aromatic heterocycles. The highest BCUT2D eigenvalue weighted by Gasteiger charge is 2.19. The minimum Gasteiger partial charge on any atom is -0.348 e. The molecule has 7 nitrogen and oxygen atoms in total. The molecule has 0 bridgehead atoms. The van der Waals surface area contributed by atoms with Gasteiger partial charge in [-0.3, -0.25) is 14.0 Å². The largest absolute Gasteiger partial charge is 0.348 e. The Balaban J connectivity index is 1.87. The van der Waals surface area contributed by atoms with Gasteiger partial charge in [-0.1, -0.05) is 6.07 Å². The van der Waals surface area contributed by atoms with Gasteiger partial charge in [-0.15, -0.1) is 0 Å². The van der Waals surface area contributed by atoms with Crippen molar-refractivity contribution in [3.05, 3.63) is 77.4 Å². The molecule has 2 aromatic carbocycles. The van der Waals surface area contributed by atoms with Crippen molar-refractivity contribution in [2.75, 3.05) is 4.31 Å². The van der Waals surface area contributed by atoms with Gasteiger partial charge in [0.2, 0.25) is 0 Å². The molecule has 0 saturated heterocycles. The number of aryl methyl sites for hydroxylation is 2. The lowest BCUT2D eigenvalue weighted by Gasteiger charge is -2.22. The molecule has 9 heteroatoms. The Bertz CT molecular complexity index is 1020. The summed E-state index contributed by atoms with van der Waals surface area (Å²) in [7, 11) is 1.79. The fraction of sp³-hybridized carbons (Fsp3) is 0.158. The van der Waals surface area contributed by atoms with Crippen LogP contribution in [0.1, 0.15) is 21.5 Å². The van der Waals surface area contributed by atoms with Crippen LogP contribution in [0.2, 0.25) is 0 Å². The van der Waals surface area contributed by atoms with Gasteiger partial charge < -0.3 is 5.32 Å². The number of nitrogens with one attached hydrogen (secondary N) is 1. The lowest BCUT2D eigenvalue weighted by Crippen LogP contribution is -2.24. The molecule has 1 unspecified atom stereocenters. The van der Waals surface area contributed by atoms with Crippen LogP contribution in [0.25, 0.3) is 0 Å². The quantitative estimate of drug-likeness (QED) is 0.621. The summed E-state index contributed by atoms with van der Waals surface area (Å²) >= 11 is -2.41. The molecule has 0 saturated carbocycles.